The van der Waals surface area contributed by atoms with Crippen molar-refractivity contribution in [1.82, 2.24) is 0 Å². The number of allylic oxidation sites excluding steroid dienone is 3. The Hall–Kier alpha value is -0.850. The fourth-order valence-corrected chi connectivity index (χ4v) is 2.06. The quantitative estimate of drug-likeness (QED) is 0.449. The molecule has 0 aromatic carbocycles. The van der Waals surface area contributed by atoms with Gasteiger partial charge in [-0.1, -0.05) is 23.1 Å². The second kappa shape index (κ2) is 8.32. The number of halogens is 1. The highest BCUT2D eigenvalue weighted by atomic mass is 35.5. The van der Waals surface area contributed by atoms with Crippen LogP contribution in [-0.2, 0) is 4.79 Å². The number of hydrogen-bond acceptors (Lipinski definition) is 2. The molecule has 4 heteroatoms. The first kappa shape index (κ1) is 15.2. The molecule has 0 spiro atoms. The van der Waals surface area contributed by atoms with E-state index in [1.54, 1.807) is 17.8 Å². The summed E-state index contributed by atoms with van der Waals surface area (Å²) in [6.07, 6.45) is 7.72. The van der Waals surface area contributed by atoms with E-state index >= 15 is 0 Å². The maximum absolute atomic E-state index is 10.3. The third kappa shape index (κ3) is 7.44. The Morgan fingerprint density at radius 3 is 2.62 bits per heavy atom. The minimum absolute atomic E-state index is 0.190. The van der Waals surface area contributed by atoms with Crippen molar-refractivity contribution < 1.29 is 9.90 Å². The molecule has 1 N–H and O–H groups in total. The van der Waals surface area contributed by atoms with Gasteiger partial charge in [-0.2, -0.15) is 0 Å². The summed E-state index contributed by atoms with van der Waals surface area (Å²) in [6, 6.07) is 0. The molecule has 2 nitrogen and oxygen atoms in total. The predicted molar refractivity (Wildman–Crippen MR) is 70.5 cm³/mol. The summed E-state index contributed by atoms with van der Waals surface area (Å²) >= 11 is 7.33. The Kier molecular flexibility index (Phi) is 7.88. The topological polar surface area (TPSA) is 37.3 Å². The number of thioether (sulfide) groups is 1. The number of carboxylic acids is 1. The maximum Gasteiger partial charge on any atom is 0.303 e. The van der Waals surface area contributed by atoms with E-state index in [-0.39, 0.29) is 6.42 Å². The summed E-state index contributed by atoms with van der Waals surface area (Å²) in [4.78, 5) is 11.3. The SMILES string of the molecule is C#C/C(Cl)=C\C(SCCCC(=O)O)=C(C)C. The van der Waals surface area contributed by atoms with Crippen molar-refractivity contribution in [2.45, 2.75) is 26.7 Å². The molecular weight excluding hydrogens is 244 g/mol. The summed E-state index contributed by atoms with van der Waals surface area (Å²) in [6.45, 7) is 3.94. The lowest BCUT2D eigenvalue weighted by molar-refractivity contribution is -0.137. The van der Waals surface area contributed by atoms with Gasteiger partial charge in [0.1, 0.15) is 0 Å². The zero-order chi connectivity index (χ0) is 12.6. The summed E-state index contributed by atoms with van der Waals surface area (Å²) in [5.41, 5.74) is 1.12. The Morgan fingerprint density at radius 2 is 2.19 bits per heavy atom. The summed E-state index contributed by atoms with van der Waals surface area (Å²) < 4.78 is 0. The second-order valence-corrected chi connectivity index (χ2v) is 4.89. The molecule has 0 amide bonds. The third-order valence-corrected chi connectivity index (χ3v) is 3.23. The molecular formula is C12H15ClO2S. The van der Waals surface area contributed by atoms with Crippen LogP contribution in [0.25, 0.3) is 0 Å². The lowest BCUT2D eigenvalue weighted by Gasteiger charge is -2.04. The monoisotopic (exact) mass is 258 g/mol. The van der Waals surface area contributed by atoms with Gasteiger partial charge < -0.3 is 5.11 Å². The van der Waals surface area contributed by atoms with E-state index in [9.17, 15) is 4.79 Å². The molecule has 0 saturated carbocycles. The fourth-order valence-electron chi connectivity index (χ4n) is 0.893. The van der Waals surface area contributed by atoms with E-state index < -0.39 is 5.97 Å². The van der Waals surface area contributed by atoms with Crippen LogP contribution in [0.4, 0.5) is 0 Å². The van der Waals surface area contributed by atoms with Gasteiger partial charge in [0, 0.05) is 11.3 Å². The van der Waals surface area contributed by atoms with Gasteiger partial charge in [-0.05, 0) is 32.1 Å². The van der Waals surface area contributed by atoms with Gasteiger partial charge in [0.25, 0.3) is 0 Å². The molecule has 0 aliphatic carbocycles. The molecule has 0 aromatic heterocycles. The normalized spacial score (nSPS) is 10.8. The molecule has 0 unspecified atom stereocenters. The van der Waals surface area contributed by atoms with Gasteiger partial charge in [0.15, 0.2) is 0 Å². The van der Waals surface area contributed by atoms with Gasteiger partial charge in [0.2, 0.25) is 0 Å². The summed E-state index contributed by atoms with van der Waals surface area (Å²) in [5, 5.41) is 8.85. The van der Waals surface area contributed by atoms with E-state index in [0.29, 0.717) is 11.5 Å². The molecule has 88 valence electrons. The minimum atomic E-state index is -0.767. The van der Waals surface area contributed by atoms with Crippen molar-refractivity contribution in [3.63, 3.8) is 0 Å². The van der Waals surface area contributed by atoms with E-state index in [4.69, 9.17) is 23.1 Å². The van der Waals surface area contributed by atoms with Crippen LogP contribution >= 0.6 is 23.4 Å². The van der Waals surface area contributed by atoms with Gasteiger partial charge in [0.05, 0.1) is 5.03 Å². The van der Waals surface area contributed by atoms with Crippen molar-refractivity contribution in [2.24, 2.45) is 0 Å². The van der Waals surface area contributed by atoms with Gasteiger partial charge in [-0.15, -0.1) is 18.2 Å². The highest BCUT2D eigenvalue weighted by Crippen LogP contribution is 2.24. The second-order valence-electron chi connectivity index (χ2n) is 3.35. The predicted octanol–water partition coefficient (Wildman–Crippen LogP) is 3.63. The average molecular weight is 259 g/mol. The highest BCUT2D eigenvalue weighted by Gasteiger charge is 2.01. The van der Waals surface area contributed by atoms with Crippen LogP contribution < -0.4 is 0 Å². The molecule has 0 atom stereocenters. The molecule has 0 aromatic rings. The fraction of sp³-hybridized carbons (Fsp3) is 0.417. The van der Waals surface area contributed by atoms with Crippen LogP contribution in [0.1, 0.15) is 26.7 Å². The zero-order valence-electron chi connectivity index (χ0n) is 9.42. The zero-order valence-corrected chi connectivity index (χ0v) is 11.0. The number of rotatable bonds is 6. The molecule has 0 fully saturated rings. The van der Waals surface area contributed by atoms with Crippen LogP contribution in [0.3, 0.4) is 0 Å². The molecule has 16 heavy (non-hydrogen) atoms. The van der Waals surface area contributed by atoms with Crippen LogP contribution in [0, 0.1) is 12.3 Å². The first-order chi connectivity index (χ1) is 7.47. The third-order valence-electron chi connectivity index (χ3n) is 1.68. The summed E-state index contributed by atoms with van der Waals surface area (Å²) in [5.74, 6) is 2.32. The minimum Gasteiger partial charge on any atom is -0.481 e. The van der Waals surface area contributed by atoms with Crippen molar-refractivity contribution >= 4 is 29.3 Å². The van der Waals surface area contributed by atoms with Crippen LogP contribution in [0.5, 0.6) is 0 Å². The average Bonchev–Trinajstić information content (AvgIpc) is 2.21. The lowest BCUT2D eigenvalue weighted by atomic mass is 10.3. The van der Waals surface area contributed by atoms with Crippen LogP contribution in [0.15, 0.2) is 21.6 Å². The Morgan fingerprint density at radius 1 is 1.56 bits per heavy atom. The van der Waals surface area contributed by atoms with E-state index in [2.05, 4.69) is 5.92 Å². The molecule has 0 bridgehead atoms. The molecule has 0 saturated heterocycles. The molecule has 0 aliphatic heterocycles. The van der Waals surface area contributed by atoms with Crippen molar-refractivity contribution in [2.75, 3.05) is 5.75 Å². The molecule has 0 aliphatic rings. The van der Waals surface area contributed by atoms with Crippen LogP contribution in [0.2, 0.25) is 0 Å². The Labute approximate surface area is 106 Å². The summed E-state index contributed by atoms with van der Waals surface area (Å²) in [7, 11) is 0. The first-order valence-corrected chi connectivity index (χ1v) is 6.19. The highest BCUT2D eigenvalue weighted by molar-refractivity contribution is 8.03. The lowest BCUT2D eigenvalue weighted by Crippen LogP contribution is -1.95. The molecule has 0 radical (unpaired) electrons. The van der Waals surface area contributed by atoms with E-state index in [0.717, 1.165) is 16.2 Å². The number of carbonyl (C=O) groups is 1. The van der Waals surface area contributed by atoms with Crippen molar-refractivity contribution in [3.8, 4) is 12.3 Å². The largest absolute Gasteiger partial charge is 0.481 e. The Bertz CT molecular complexity index is 347. The standard InChI is InChI=1S/C12H15ClO2S/c1-4-10(13)8-11(9(2)3)16-7-5-6-12(14)15/h1,8H,5-7H2,2-3H3,(H,14,15)/b10-8+. The van der Waals surface area contributed by atoms with Crippen molar-refractivity contribution in [3.05, 3.63) is 21.6 Å². The van der Waals surface area contributed by atoms with E-state index in [1.165, 1.54) is 0 Å². The van der Waals surface area contributed by atoms with Gasteiger partial charge in [-0.25, -0.2) is 0 Å². The smallest absolute Gasteiger partial charge is 0.303 e. The molecule has 0 heterocycles. The first-order valence-electron chi connectivity index (χ1n) is 4.83. The van der Waals surface area contributed by atoms with Gasteiger partial charge in [-0.3, -0.25) is 4.79 Å². The molecule has 0 rings (SSSR count). The van der Waals surface area contributed by atoms with Gasteiger partial charge >= 0.3 is 5.97 Å². The Balaban J connectivity index is 4.25. The maximum atomic E-state index is 10.3. The van der Waals surface area contributed by atoms with E-state index in [1.807, 2.05) is 13.8 Å². The number of aliphatic carboxylic acids is 1. The number of terminal acetylenes is 1. The van der Waals surface area contributed by atoms with Crippen molar-refractivity contribution in [1.29, 1.82) is 0 Å². The number of carboxylic acid groups (broad SMARTS) is 1. The van der Waals surface area contributed by atoms with Crippen LogP contribution in [-0.4, -0.2) is 16.8 Å². The number of hydrogen-bond donors (Lipinski definition) is 1.